The van der Waals surface area contributed by atoms with Crippen LogP contribution in [0.3, 0.4) is 0 Å². The lowest BCUT2D eigenvalue weighted by Crippen LogP contribution is -2.19. The predicted molar refractivity (Wildman–Crippen MR) is 146 cm³/mol. The summed E-state index contributed by atoms with van der Waals surface area (Å²) in [7, 11) is 0. The minimum absolute atomic E-state index is 0.151. The predicted octanol–water partition coefficient (Wildman–Crippen LogP) is 8.20. The van der Waals surface area contributed by atoms with Crippen LogP contribution in [0.5, 0.6) is 0 Å². The monoisotopic (exact) mass is 562 g/mol. The maximum atomic E-state index is 11.6. The molecular weight excluding hydrogens is 523 g/mol. The van der Waals surface area contributed by atoms with Crippen LogP contribution < -0.4 is 5.73 Å². The summed E-state index contributed by atoms with van der Waals surface area (Å²) in [5.74, 6) is 0.699. The fourth-order valence-corrected chi connectivity index (χ4v) is 2.79. The summed E-state index contributed by atoms with van der Waals surface area (Å²) in [6, 6.07) is 7.23. The van der Waals surface area contributed by atoms with E-state index < -0.39 is 0 Å². The van der Waals surface area contributed by atoms with Crippen LogP contribution in [0.4, 0.5) is 5.69 Å². The second-order valence-corrected chi connectivity index (χ2v) is 6.76. The van der Waals surface area contributed by atoms with Crippen LogP contribution in [0.25, 0.3) is 0 Å². The van der Waals surface area contributed by atoms with Crippen LogP contribution in [0.15, 0.2) is 52.4 Å². The zero-order valence-electron chi connectivity index (χ0n) is 20.2. The molecule has 0 saturated heterocycles. The number of halogens is 2. The summed E-state index contributed by atoms with van der Waals surface area (Å²) in [4.78, 5) is 18.1. The van der Waals surface area contributed by atoms with Crippen molar-refractivity contribution >= 4 is 51.4 Å². The molecule has 1 aromatic rings. The van der Waals surface area contributed by atoms with E-state index in [4.69, 9.17) is 22.1 Å². The number of carbonyl (C=O) groups is 1. The normalized spacial score (nSPS) is 15.1. The van der Waals surface area contributed by atoms with E-state index in [9.17, 15) is 4.79 Å². The van der Waals surface area contributed by atoms with Crippen molar-refractivity contribution < 1.29 is 9.53 Å². The second kappa shape index (κ2) is 20.6. The number of alkyl halides is 1. The molecule has 1 aliphatic rings. The number of Topliss-reactive ketones (excluding diaryl/α,β-unsaturated/α-hetero) is 1. The Morgan fingerprint density at radius 1 is 1.16 bits per heavy atom. The number of nitrogens with two attached hydrogens (primary N) is 1. The molecule has 31 heavy (non-hydrogen) atoms. The van der Waals surface area contributed by atoms with Crippen molar-refractivity contribution in [1.29, 1.82) is 0 Å². The van der Waals surface area contributed by atoms with Gasteiger partial charge < -0.3 is 10.5 Å². The molecule has 0 spiro atoms. The summed E-state index contributed by atoms with van der Waals surface area (Å²) < 4.78 is 5.57. The van der Waals surface area contributed by atoms with Crippen molar-refractivity contribution in [2.75, 3.05) is 11.5 Å². The van der Waals surface area contributed by atoms with Crippen molar-refractivity contribution in [2.24, 2.45) is 10.7 Å². The molecule has 0 atom stereocenters. The van der Waals surface area contributed by atoms with Crippen molar-refractivity contribution in [1.82, 2.24) is 0 Å². The van der Waals surface area contributed by atoms with Crippen molar-refractivity contribution in [3.8, 4) is 0 Å². The first-order valence-electron chi connectivity index (χ1n) is 11.0. The number of benzene rings is 1. The Morgan fingerprint density at radius 3 is 2.23 bits per heavy atom. The number of nitrogens with zero attached hydrogens (tertiary/aromatic N) is 1. The quantitative estimate of drug-likeness (QED) is 0.216. The van der Waals surface area contributed by atoms with Gasteiger partial charge in [0.1, 0.15) is 0 Å². The van der Waals surface area contributed by atoms with E-state index in [-0.39, 0.29) is 11.5 Å². The highest BCUT2D eigenvalue weighted by Gasteiger charge is 2.19. The maximum absolute atomic E-state index is 11.6. The lowest BCUT2D eigenvalue weighted by molar-refractivity contribution is -0.113. The largest absolute Gasteiger partial charge is 0.498 e. The van der Waals surface area contributed by atoms with Gasteiger partial charge in [-0.05, 0) is 36.5 Å². The minimum atomic E-state index is -0.151. The smallest absolute Gasteiger partial charge is 0.175 e. The van der Waals surface area contributed by atoms with Gasteiger partial charge in [-0.2, -0.15) is 0 Å². The lowest BCUT2D eigenvalue weighted by Gasteiger charge is -2.19. The number of unbranched alkanes of at least 4 members (excludes halogenated alkanes) is 2. The molecule has 0 aromatic heterocycles. The van der Waals surface area contributed by atoms with Crippen LogP contribution in [-0.2, 0) is 9.53 Å². The third kappa shape index (κ3) is 13.6. The number of allylic oxidation sites excluding steroid dienone is 4. The van der Waals surface area contributed by atoms with E-state index in [2.05, 4.69) is 41.4 Å². The van der Waals surface area contributed by atoms with E-state index in [0.717, 1.165) is 11.3 Å². The number of carbonyl (C=O) groups excluding carboxylic acids is 1. The van der Waals surface area contributed by atoms with Gasteiger partial charge in [-0.25, -0.2) is 4.99 Å². The highest BCUT2D eigenvalue weighted by Crippen LogP contribution is 2.27. The van der Waals surface area contributed by atoms with Gasteiger partial charge in [-0.3, -0.25) is 4.79 Å². The average Bonchev–Trinajstić information content (AvgIpc) is 2.77. The first-order chi connectivity index (χ1) is 14.9. The Morgan fingerprint density at radius 2 is 1.77 bits per heavy atom. The lowest BCUT2D eigenvalue weighted by atomic mass is 9.94. The van der Waals surface area contributed by atoms with E-state index in [1.165, 1.54) is 26.2 Å². The first-order valence-corrected chi connectivity index (χ1v) is 13.5. The van der Waals surface area contributed by atoms with Crippen LogP contribution in [-0.4, -0.2) is 23.0 Å². The molecule has 6 heteroatoms. The molecule has 0 amide bonds. The summed E-state index contributed by atoms with van der Waals surface area (Å²) in [5.41, 5.74) is 8.33. The molecule has 0 bridgehead atoms. The molecule has 0 heterocycles. The van der Waals surface area contributed by atoms with Crippen molar-refractivity contribution in [3.05, 3.63) is 52.4 Å². The number of aliphatic imine (C=N–C) groups is 1. The molecule has 4 nitrogen and oxygen atoms in total. The Balaban J connectivity index is 0. The highest BCUT2D eigenvalue weighted by molar-refractivity contribution is 14.1. The SMILES string of the molecule is CC.CCCCC.CCOC1=CC(=Nc2cccc(Cl)c2)/C(=C(\N)C(C)=O)CC1.CI. The summed E-state index contributed by atoms with van der Waals surface area (Å²) in [5, 5.41) is 0.608. The molecule has 2 rings (SSSR count). The third-order valence-electron chi connectivity index (χ3n) is 4.03. The molecule has 1 aromatic carbocycles. The summed E-state index contributed by atoms with van der Waals surface area (Å²) in [6.07, 6.45) is 7.27. The topological polar surface area (TPSA) is 64.7 Å². The molecule has 0 fully saturated rings. The van der Waals surface area contributed by atoms with E-state index in [1.54, 1.807) is 12.1 Å². The number of ketones is 1. The number of hydrogen-bond donors (Lipinski definition) is 1. The molecule has 2 N–H and O–H groups in total. The zero-order valence-corrected chi connectivity index (χ0v) is 23.1. The fourth-order valence-electron chi connectivity index (χ4n) is 2.61. The minimum Gasteiger partial charge on any atom is -0.498 e. The maximum Gasteiger partial charge on any atom is 0.175 e. The Labute approximate surface area is 208 Å². The fraction of sp³-hybridized carbons (Fsp3) is 0.520. The van der Waals surface area contributed by atoms with Gasteiger partial charge in [0.25, 0.3) is 0 Å². The van der Waals surface area contributed by atoms with Crippen LogP contribution >= 0.6 is 34.2 Å². The Hall–Kier alpha value is -1.34. The Kier molecular flexibility index (Phi) is 21.1. The number of rotatable bonds is 6. The van der Waals surface area contributed by atoms with E-state index >= 15 is 0 Å². The van der Waals surface area contributed by atoms with Crippen molar-refractivity contribution in [3.63, 3.8) is 0 Å². The third-order valence-corrected chi connectivity index (χ3v) is 4.26. The van der Waals surface area contributed by atoms with Crippen LogP contribution in [0.2, 0.25) is 5.02 Å². The van der Waals surface area contributed by atoms with Gasteiger partial charge in [-0.1, -0.05) is 87.2 Å². The molecule has 0 radical (unpaired) electrons. The van der Waals surface area contributed by atoms with Gasteiger partial charge in [0.05, 0.1) is 29.5 Å². The van der Waals surface area contributed by atoms with Gasteiger partial charge in [0, 0.05) is 30.0 Å². The average molecular weight is 563 g/mol. The molecule has 0 unspecified atom stereocenters. The summed E-state index contributed by atoms with van der Waals surface area (Å²) in [6.45, 7) is 12.4. The number of ether oxygens (including phenoxy) is 1. The molecule has 1 aliphatic carbocycles. The second-order valence-electron chi connectivity index (χ2n) is 6.32. The van der Waals surface area contributed by atoms with Gasteiger partial charge in [0.15, 0.2) is 5.78 Å². The van der Waals surface area contributed by atoms with E-state index in [0.29, 0.717) is 35.9 Å². The highest BCUT2D eigenvalue weighted by atomic mass is 127. The van der Waals surface area contributed by atoms with Crippen LogP contribution in [0.1, 0.15) is 73.6 Å². The number of hydrogen-bond acceptors (Lipinski definition) is 4. The van der Waals surface area contributed by atoms with E-state index in [1.807, 2.05) is 43.9 Å². The summed E-state index contributed by atoms with van der Waals surface area (Å²) >= 11 is 8.14. The standard InChI is InChI=1S/C17H19ClN2O2.C5H12.C2H6.CH3I/c1-3-22-14-7-8-15(17(19)11(2)21)16(10-14)20-13-6-4-5-12(18)9-13;1-3-5-4-2;2*1-2/h4-6,9-10H,3,7-8,19H2,1-2H3;3-5H2,1-2H3;1-2H3;1H3/b17-15-,20-16?;;;. The Bertz CT molecular complexity index is 726. The molecule has 0 aliphatic heterocycles. The molecule has 176 valence electrons. The van der Waals surface area contributed by atoms with Crippen LogP contribution in [0, 0.1) is 0 Å². The molecule has 0 saturated carbocycles. The van der Waals surface area contributed by atoms with Crippen molar-refractivity contribution in [2.45, 2.75) is 73.6 Å². The molecular formula is C25H40ClIN2O2. The van der Waals surface area contributed by atoms with Gasteiger partial charge >= 0.3 is 0 Å². The van der Waals surface area contributed by atoms with Gasteiger partial charge in [-0.15, -0.1) is 0 Å². The first kappa shape index (κ1) is 31.8. The zero-order chi connectivity index (χ0) is 24.2. The van der Waals surface area contributed by atoms with Gasteiger partial charge in [0.2, 0.25) is 0 Å².